The topological polar surface area (TPSA) is 143 Å². The van der Waals surface area contributed by atoms with Gasteiger partial charge in [-0.3, -0.25) is 0 Å². The van der Waals surface area contributed by atoms with E-state index in [9.17, 15) is 32.0 Å². The van der Waals surface area contributed by atoms with E-state index in [4.69, 9.17) is 0 Å². The van der Waals surface area contributed by atoms with Gasteiger partial charge in [-0.2, -0.15) is 0 Å². The van der Waals surface area contributed by atoms with Crippen LogP contribution in [0.1, 0.15) is 16.4 Å². The number of hydrogen-bond acceptors (Lipinski definition) is 6. The van der Waals surface area contributed by atoms with E-state index in [1.54, 1.807) is 9.74 Å². The molecular weight excluding hydrogens is 640 g/mol. The molecule has 0 saturated carbocycles. The molecule has 0 fully saturated rings. The zero-order valence-electron chi connectivity index (χ0n) is 16.0. The molecule has 0 heterocycles. The van der Waals surface area contributed by atoms with E-state index in [1.165, 1.54) is 34.0 Å². The number of rotatable bonds is 4. The molecule has 29 heavy (non-hydrogen) atoms. The van der Waals surface area contributed by atoms with Crippen LogP contribution < -0.4 is 7.02 Å². The monoisotopic (exact) mass is 658 g/mol. The average molecular weight is 660 g/mol. The second-order valence-electron chi connectivity index (χ2n) is 7.71. The summed E-state index contributed by atoms with van der Waals surface area (Å²) in [6.45, 7) is 0. The summed E-state index contributed by atoms with van der Waals surface area (Å²) in [5.41, 5.74) is 0.136. The zero-order valence-corrected chi connectivity index (χ0v) is 22.8. The molecule has 1 unspecified atom stereocenters. The fourth-order valence-electron chi connectivity index (χ4n) is 3.60. The molecule has 1 aliphatic carbocycles. The molecule has 0 bridgehead atoms. The van der Waals surface area contributed by atoms with Gasteiger partial charge < -0.3 is 0 Å². The van der Waals surface area contributed by atoms with Crippen molar-refractivity contribution in [2.24, 2.45) is 0 Å². The Morgan fingerprint density at radius 2 is 1.45 bits per heavy atom. The van der Waals surface area contributed by atoms with Gasteiger partial charge in [0.1, 0.15) is 0 Å². The third-order valence-electron chi connectivity index (χ3n) is 4.81. The average Bonchev–Trinajstić information content (AvgIpc) is 2.85. The van der Waals surface area contributed by atoms with Gasteiger partial charge in [0, 0.05) is 0 Å². The maximum atomic E-state index is 13.0. The van der Waals surface area contributed by atoms with Gasteiger partial charge in [-0.25, -0.2) is 0 Å². The molecule has 158 valence electrons. The minimum absolute atomic E-state index is 0.0891. The quantitative estimate of drug-likeness (QED) is 0.372. The van der Waals surface area contributed by atoms with Crippen molar-refractivity contribution < 1.29 is 32.0 Å². The van der Waals surface area contributed by atoms with Crippen molar-refractivity contribution in [2.45, 2.75) is 29.6 Å². The summed E-state index contributed by atoms with van der Waals surface area (Å²) >= 11 is -7.81. The van der Waals surface area contributed by atoms with E-state index in [1.807, 2.05) is 0 Å². The third-order valence-corrected chi connectivity index (χ3v) is 15.5. The maximum absolute atomic E-state index is 13.0. The second kappa shape index (κ2) is 7.00. The third kappa shape index (κ3) is 4.17. The molecule has 1 aliphatic rings. The first kappa shape index (κ1) is 23.2. The number of hydrogen-bond donors (Lipinski definition) is 2. The Labute approximate surface area is 177 Å². The fourth-order valence-corrected chi connectivity index (χ4v) is 11.4. The van der Waals surface area contributed by atoms with Crippen molar-refractivity contribution in [3.05, 3.63) is 41.5 Å². The Hall–Kier alpha value is -0.504. The van der Waals surface area contributed by atoms with Gasteiger partial charge in [0.15, 0.2) is 0 Å². The molecule has 1 atom stereocenters. The Morgan fingerprint density at radius 3 is 1.90 bits per heavy atom. The molecule has 2 aromatic rings. The standard InChI is InChI=1S/C13H8O6S2.4CH3.2O.2Sb/c14-20(15,16)11-7-3-6-9-8-4-1-2-5-10(8)13(12(9)11)21(17,18)19;;;;;;;;/h2-5,7,13H,(H,14,15,16)(H,17,18,19);4*1H3;;;;. The van der Waals surface area contributed by atoms with Crippen molar-refractivity contribution in [3.8, 4) is 11.1 Å². The predicted molar refractivity (Wildman–Crippen MR) is 111 cm³/mol. The van der Waals surface area contributed by atoms with E-state index in [0.717, 1.165) is 6.07 Å². The molecule has 8 nitrogen and oxygen atoms in total. The summed E-state index contributed by atoms with van der Waals surface area (Å²) in [6.07, 6.45) is 0. The van der Waals surface area contributed by atoms with Gasteiger partial charge >= 0.3 is 179 Å². The van der Waals surface area contributed by atoms with Crippen molar-refractivity contribution >= 4 is 64.8 Å². The van der Waals surface area contributed by atoms with E-state index in [2.05, 4.69) is 0 Å². The van der Waals surface area contributed by atoms with Gasteiger partial charge in [-0.1, -0.05) is 0 Å². The SMILES string of the molecule is [CH3][Sb]([CH3])(=[O])[c]1ccc2c(c1)-c1[c]([Sb]([CH3])([CH3])=[O])ccc(S(=O)(=O)O)c1C2S(=O)(=O)O. The van der Waals surface area contributed by atoms with E-state index < -0.39 is 68.0 Å². The first-order valence-corrected chi connectivity index (χ1v) is 26.1. The van der Waals surface area contributed by atoms with Crippen molar-refractivity contribution in [1.29, 1.82) is 0 Å². The molecule has 0 aliphatic heterocycles. The summed E-state index contributed by atoms with van der Waals surface area (Å²) in [4.78, 5) is 5.61. The van der Waals surface area contributed by atoms with Crippen LogP contribution in [0.25, 0.3) is 11.1 Å². The summed E-state index contributed by atoms with van der Waals surface area (Å²) < 4.78 is 94.5. The molecule has 0 saturated heterocycles. The van der Waals surface area contributed by atoms with Crippen LogP contribution in [-0.2, 0) is 26.3 Å². The van der Waals surface area contributed by atoms with Crippen LogP contribution in [0.2, 0.25) is 19.5 Å². The Balaban J connectivity index is 2.61. The van der Waals surface area contributed by atoms with Gasteiger partial charge in [0.2, 0.25) is 0 Å². The normalized spacial score (nSPS) is 17.1. The Morgan fingerprint density at radius 1 is 0.862 bits per heavy atom. The van der Waals surface area contributed by atoms with Gasteiger partial charge in [0.05, 0.1) is 0 Å². The number of benzene rings is 2. The minimum atomic E-state index is -4.84. The van der Waals surface area contributed by atoms with E-state index in [0.29, 0.717) is 7.02 Å². The van der Waals surface area contributed by atoms with Gasteiger partial charge in [-0.15, -0.1) is 0 Å². The second-order valence-corrected chi connectivity index (χ2v) is 28.9. The molecule has 0 radical (unpaired) electrons. The van der Waals surface area contributed by atoms with Crippen LogP contribution in [0.4, 0.5) is 0 Å². The molecule has 2 N–H and O–H groups in total. The first-order chi connectivity index (χ1) is 12.9. The summed E-state index contributed by atoms with van der Waals surface area (Å²) in [5, 5.41) is -1.77. The summed E-state index contributed by atoms with van der Waals surface area (Å²) in [5.74, 6) is 0. The summed E-state index contributed by atoms with van der Waals surface area (Å²) in [6, 6.07) is 6.73. The van der Waals surface area contributed by atoms with Crippen LogP contribution in [0.3, 0.4) is 0 Å². The fraction of sp³-hybridized carbons (Fsp3) is 0.294. The zero-order chi connectivity index (χ0) is 22.2. The van der Waals surface area contributed by atoms with Crippen LogP contribution >= 0.6 is 0 Å². The molecule has 0 spiro atoms. The first-order valence-electron chi connectivity index (χ1n) is 8.30. The van der Waals surface area contributed by atoms with Crippen molar-refractivity contribution in [1.82, 2.24) is 0 Å². The van der Waals surface area contributed by atoms with Crippen LogP contribution in [0.15, 0.2) is 35.2 Å². The molecule has 3 rings (SSSR count). The number of fused-ring (bicyclic) bond motifs is 3. The Bertz CT molecular complexity index is 1350. The molecule has 0 aromatic heterocycles. The molecule has 0 amide bonds. The van der Waals surface area contributed by atoms with Gasteiger partial charge in [0.25, 0.3) is 0 Å². The van der Waals surface area contributed by atoms with Crippen molar-refractivity contribution in [2.75, 3.05) is 0 Å². The van der Waals surface area contributed by atoms with E-state index in [-0.39, 0.29) is 22.3 Å². The van der Waals surface area contributed by atoms with Crippen LogP contribution in [0, 0.1) is 0 Å². The van der Waals surface area contributed by atoms with Gasteiger partial charge in [-0.05, 0) is 0 Å². The molecular formula is C17H20O8S2Sb2. The van der Waals surface area contributed by atoms with Crippen LogP contribution in [0.5, 0.6) is 0 Å². The van der Waals surface area contributed by atoms with E-state index >= 15 is 0 Å². The Kier molecular flexibility index (Phi) is 5.60. The molecule has 2 aromatic carbocycles. The van der Waals surface area contributed by atoms with Crippen molar-refractivity contribution in [3.63, 3.8) is 0 Å². The predicted octanol–water partition coefficient (Wildman–Crippen LogP) is 1.58. The summed E-state index contributed by atoms with van der Waals surface area (Å²) in [7, 11) is -9.68. The molecule has 12 heteroatoms. The van der Waals surface area contributed by atoms with Crippen LogP contribution in [-0.4, -0.2) is 63.5 Å².